The van der Waals surface area contributed by atoms with Gasteiger partial charge in [0.05, 0.1) is 34.9 Å². The third-order valence-electron chi connectivity index (χ3n) is 3.98. The van der Waals surface area contributed by atoms with Gasteiger partial charge in [0, 0.05) is 17.3 Å². The van der Waals surface area contributed by atoms with Gasteiger partial charge in [-0.2, -0.15) is 0 Å². The Hall–Kier alpha value is -2.53. The number of aromatic hydroxyl groups is 1. The van der Waals surface area contributed by atoms with Crippen molar-refractivity contribution < 1.29 is 19.5 Å². The van der Waals surface area contributed by atoms with Crippen molar-refractivity contribution in [2.75, 3.05) is 34.9 Å². The molecule has 0 saturated heterocycles. The van der Waals surface area contributed by atoms with E-state index < -0.39 is 0 Å². The monoisotopic (exact) mass is 329 g/mol. The van der Waals surface area contributed by atoms with Crippen LogP contribution in [0.3, 0.4) is 0 Å². The SMILES string of the molecule is COc1ccc([C@H](CN=Cc2cccc(OC)c2O)[NH+](C)C)cc1. The summed E-state index contributed by atoms with van der Waals surface area (Å²) in [6, 6.07) is 13.6. The van der Waals surface area contributed by atoms with Gasteiger partial charge >= 0.3 is 0 Å². The maximum Gasteiger partial charge on any atom is 0.166 e. The van der Waals surface area contributed by atoms with Crippen LogP contribution in [0.25, 0.3) is 0 Å². The summed E-state index contributed by atoms with van der Waals surface area (Å²) in [5, 5.41) is 10.1. The standard InChI is InChI=1S/C19H24N2O3/c1-21(2)17(14-8-10-16(23-3)11-9-14)13-20-12-15-6-5-7-18(24-4)19(15)22/h5-12,17,22H,13H2,1-4H3/p+1/t17-/m0/s1. The molecule has 5 heteroatoms. The summed E-state index contributed by atoms with van der Waals surface area (Å²) in [4.78, 5) is 5.81. The molecule has 0 spiro atoms. The molecule has 24 heavy (non-hydrogen) atoms. The van der Waals surface area contributed by atoms with E-state index in [1.807, 2.05) is 24.3 Å². The van der Waals surface area contributed by atoms with E-state index in [0.717, 1.165) is 5.75 Å². The molecule has 2 N–H and O–H groups in total. The van der Waals surface area contributed by atoms with Gasteiger partial charge in [-0.05, 0) is 36.4 Å². The van der Waals surface area contributed by atoms with E-state index in [1.54, 1.807) is 19.4 Å². The molecule has 0 radical (unpaired) electrons. The Morgan fingerprint density at radius 2 is 1.79 bits per heavy atom. The summed E-state index contributed by atoms with van der Waals surface area (Å²) in [7, 11) is 7.40. The van der Waals surface area contributed by atoms with Crippen molar-refractivity contribution >= 4 is 6.21 Å². The Labute approximate surface area is 143 Å². The number of methoxy groups -OCH3 is 2. The average Bonchev–Trinajstić information content (AvgIpc) is 2.60. The van der Waals surface area contributed by atoms with Crippen LogP contribution in [0, 0.1) is 0 Å². The molecule has 2 aromatic carbocycles. The number of phenols is 1. The number of quaternary nitrogens is 1. The van der Waals surface area contributed by atoms with E-state index in [0.29, 0.717) is 17.9 Å². The van der Waals surface area contributed by atoms with Crippen molar-refractivity contribution in [2.45, 2.75) is 6.04 Å². The molecule has 0 bridgehead atoms. The highest BCUT2D eigenvalue weighted by Gasteiger charge is 2.17. The lowest BCUT2D eigenvalue weighted by molar-refractivity contribution is -0.890. The maximum absolute atomic E-state index is 10.1. The third kappa shape index (κ3) is 4.26. The van der Waals surface area contributed by atoms with Crippen molar-refractivity contribution in [3.05, 3.63) is 53.6 Å². The number of nitrogens with one attached hydrogen (secondary N) is 1. The molecule has 0 aromatic heterocycles. The second-order valence-electron chi connectivity index (χ2n) is 5.80. The van der Waals surface area contributed by atoms with E-state index in [-0.39, 0.29) is 11.8 Å². The first-order valence-corrected chi connectivity index (χ1v) is 7.86. The summed E-state index contributed by atoms with van der Waals surface area (Å²) in [6.45, 7) is 0.616. The highest BCUT2D eigenvalue weighted by Crippen LogP contribution is 2.28. The first-order chi connectivity index (χ1) is 11.6. The van der Waals surface area contributed by atoms with Crippen LogP contribution in [-0.4, -0.2) is 46.2 Å². The lowest BCUT2D eigenvalue weighted by atomic mass is 10.1. The zero-order valence-corrected chi connectivity index (χ0v) is 14.6. The van der Waals surface area contributed by atoms with E-state index in [4.69, 9.17) is 9.47 Å². The summed E-state index contributed by atoms with van der Waals surface area (Å²) >= 11 is 0. The molecule has 0 aliphatic heterocycles. The summed E-state index contributed by atoms with van der Waals surface area (Å²) in [5.41, 5.74) is 1.85. The molecule has 2 aromatic rings. The molecule has 1 atom stereocenters. The minimum atomic E-state index is 0.113. The summed E-state index contributed by atoms with van der Waals surface area (Å²) < 4.78 is 10.3. The highest BCUT2D eigenvalue weighted by molar-refractivity contribution is 5.84. The predicted octanol–water partition coefficient (Wildman–Crippen LogP) is 1.71. The van der Waals surface area contributed by atoms with Crippen molar-refractivity contribution in [3.8, 4) is 17.2 Å². The second kappa shape index (κ2) is 8.36. The number of phenolic OH excluding ortho intramolecular Hbond substituents is 1. The molecular formula is C19H25N2O3+. The fraction of sp³-hybridized carbons (Fsp3) is 0.316. The van der Waals surface area contributed by atoms with Crippen LogP contribution in [0.2, 0.25) is 0 Å². The number of benzene rings is 2. The molecule has 2 rings (SSSR count). The van der Waals surface area contributed by atoms with Gasteiger partial charge in [0.1, 0.15) is 11.8 Å². The fourth-order valence-corrected chi connectivity index (χ4v) is 2.52. The molecular weight excluding hydrogens is 304 g/mol. The van der Waals surface area contributed by atoms with Gasteiger partial charge in [-0.3, -0.25) is 4.99 Å². The summed E-state index contributed by atoms with van der Waals surface area (Å²) in [5.74, 6) is 1.40. The Bertz CT molecular complexity index is 682. The van der Waals surface area contributed by atoms with Gasteiger partial charge in [-0.15, -0.1) is 0 Å². The second-order valence-corrected chi connectivity index (χ2v) is 5.80. The van der Waals surface area contributed by atoms with Crippen LogP contribution in [0.15, 0.2) is 47.5 Å². The van der Waals surface area contributed by atoms with Crippen LogP contribution in [0.1, 0.15) is 17.2 Å². The van der Waals surface area contributed by atoms with Crippen LogP contribution < -0.4 is 14.4 Å². The number of para-hydroxylation sites is 1. The maximum atomic E-state index is 10.1. The zero-order valence-electron chi connectivity index (χ0n) is 14.6. The number of hydrogen-bond acceptors (Lipinski definition) is 4. The lowest BCUT2D eigenvalue weighted by Crippen LogP contribution is -3.06. The Kier molecular flexibility index (Phi) is 6.21. The van der Waals surface area contributed by atoms with Gasteiger partial charge in [0.2, 0.25) is 0 Å². The topological polar surface area (TPSA) is 55.5 Å². The minimum Gasteiger partial charge on any atom is -0.504 e. The van der Waals surface area contributed by atoms with Crippen molar-refractivity contribution in [3.63, 3.8) is 0 Å². The molecule has 0 heterocycles. The molecule has 0 saturated carbocycles. The number of hydrogen-bond donors (Lipinski definition) is 2. The third-order valence-corrected chi connectivity index (χ3v) is 3.98. The van der Waals surface area contributed by atoms with Gasteiger partial charge in [-0.25, -0.2) is 0 Å². The molecule has 0 unspecified atom stereocenters. The van der Waals surface area contributed by atoms with Gasteiger partial charge in [0.25, 0.3) is 0 Å². The minimum absolute atomic E-state index is 0.113. The van der Waals surface area contributed by atoms with Crippen molar-refractivity contribution in [2.24, 2.45) is 4.99 Å². The van der Waals surface area contributed by atoms with Crippen LogP contribution in [0.4, 0.5) is 0 Å². The fourth-order valence-electron chi connectivity index (χ4n) is 2.52. The highest BCUT2D eigenvalue weighted by atomic mass is 16.5. The average molecular weight is 329 g/mol. The van der Waals surface area contributed by atoms with Crippen LogP contribution >= 0.6 is 0 Å². The molecule has 5 nitrogen and oxygen atoms in total. The van der Waals surface area contributed by atoms with E-state index in [9.17, 15) is 5.11 Å². The number of rotatable bonds is 7. The first-order valence-electron chi connectivity index (χ1n) is 7.86. The lowest BCUT2D eigenvalue weighted by Gasteiger charge is -2.20. The van der Waals surface area contributed by atoms with Gasteiger partial charge in [-0.1, -0.05) is 6.07 Å². The molecule has 0 aliphatic carbocycles. The zero-order chi connectivity index (χ0) is 17.5. The van der Waals surface area contributed by atoms with E-state index >= 15 is 0 Å². The van der Waals surface area contributed by atoms with Crippen LogP contribution in [0.5, 0.6) is 17.2 Å². The quantitative estimate of drug-likeness (QED) is 0.761. The van der Waals surface area contributed by atoms with Crippen molar-refractivity contribution in [1.82, 2.24) is 0 Å². The number of likely N-dealkylation sites (N-methyl/N-ethyl adjacent to an activating group) is 1. The summed E-state index contributed by atoms with van der Waals surface area (Å²) in [6.07, 6.45) is 1.69. The number of aliphatic imine (C=N–C) groups is 1. The van der Waals surface area contributed by atoms with E-state index in [2.05, 4.69) is 31.2 Å². The van der Waals surface area contributed by atoms with Gasteiger partial charge in [0.15, 0.2) is 11.5 Å². The van der Waals surface area contributed by atoms with Crippen LogP contribution in [-0.2, 0) is 0 Å². The predicted molar refractivity (Wildman–Crippen MR) is 95.7 cm³/mol. The van der Waals surface area contributed by atoms with Crippen molar-refractivity contribution in [1.29, 1.82) is 0 Å². The molecule has 0 amide bonds. The number of nitrogens with zero attached hydrogens (tertiary/aromatic N) is 1. The largest absolute Gasteiger partial charge is 0.504 e. The van der Waals surface area contributed by atoms with E-state index in [1.165, 1.54) is 17.6 Å². The molecule has 0 aliphatic rings. The number of ether oxygens (including phenoxy) is 2. The Balaban J connectivity index is 2.14. The molecule has 128 valence electrons. The normalized spacial score (nSPS) is 12.5. The Morgan fingerprint density at radius 1 is 1.08 bits per heavy atom. The Morgan fingerprint density at radius 3 is 2.38 bits per heavy atom. The first kappa shape index (κ1) is 17.8. The smallest absolute Gasteiger partial charge is 0.166 e. The van der Waals surface area contributed by atoms with Gasteiger partial charge < -0.3 is 19.5 Å². The molecule has 0 fully saturated rings.